The van der Waals surface area contributed by atoms with Crippen LogP contribution in [-0.4, -0.2) is 30.7 Å². The van der Waals surface area contributed by atoms with Crippen LogP contribution in [0.3, 0.4) is 0 Å². The van der Waals surface area contributed by atoms with Crippen LogP contribution in [0.5, 0.6) is 0 Å². The van der Waals surface area contributed by atoms with Gasteiger partial charge in [-0.05, 0) is 17.4 Å². The highest BCUT2D eigenvalue weighted by Gasteiger charge is 2.45. The number of hydrogen-bond acceptors (Lipinski definition) is 3. The molecule has 2 atom stereocenters. The second-order valence-electron chi connectivity index (χ2n) is 6.32. The standard InChI is InChI=1S/C15H21NO4S/c1-15(2)9-14(17)16-10-12(15)13(21(18,19)20)8-11-6-4-3-5-7-11/h3-7,12-13H,8-10H2,1-2H3,(H,16,17)(H,18,19,20). The highest BCUT2D eigenvalue weighted by Crippen LogP contribution is 2.38. The summed E-state index contributed by atoms with van der Waals surface area (Å²) in [6.45, 7) is 4.02. The molecule has 0 bridgehead atoms. The number of carbonyl (C=O) groups is 1. The zero-order valence-electron chi connectivity index (χ0n) is 12.2. The van der Waals surface area contributed by atoms with Gasteiger partial charge in [-0.1, -0.05) is 44.2 Å². The normalized spacial score (nSPS) is 23.4. The molecule has 0 radical (unpaired) electrons. The molecule has 116 valence electrons. The molecule has 2 unspecified atom stereocenters. The first-order valence-corrected chi connectivity index (χ1v) is 8.47. The van der Waals surface area contributed by atoms with E-state index in [1.807, 2.05) is 44.2 Å². The van der Waals surface area contributed by atoms with Gasteiger partial charge >= 0.3 is 0 Å². The van der Waals surface area contributed by atoms with Crippen molar-refractivity contribution in [1.29, 1.82) is 0 Å². The molecule has 5 nitrogen and oxygen atoms in total. The summed E-state index contributed by atoms with van der Waals surface area (Å²) in [6, 6.07) is 9.21. The minimum absolute atomic E-state index is 0.0787. The number of nitrogens with one attached hydrogen (secondary N) is 1. The topological polar surface area (TPSA) is 83.5 Å². The van der Waals surface area contributed by atoms with Gasteiger partial charge in [0.25, 0.3) is 10.1 Å². The fourth-order valence-electron chi connectivity index (χ4n) is 3.04. The zero-order valence-corrected chi connectivity index (χ0v) is 13.1. The van der Waals surface area contributed by atoms with Gasteiger partial charge in [-0.3, -0.25) is 9.35 Å². The van der Waals surface area contributed by atoms with Crippen LogP contribution >= 0.6 is 0 Å². The molecule has 1 aliphatic heterocycles. The first-order valence-electron chi connectivity index (χ1n) is 6.97. The molecule has 2 rings (SSSR count). The average Bonchev–Trinajstić information content (AvgIpc) is 2.36. The third-order valence-corrected chi connectivity index (χ3v) is 5.51. The van der Waals surface area contributed by atoms with Gasteiger partial charge in [-0.25, -0.2) is 0 Å². The summed E-state index contributed by atoms with van der Waals surface area (Å²) < 4.78 is 33.3. The Bertz CT molecular complexity index is 610. The average molecular weight is 311 g/mol. The fourth-order valence-corrected chi connectivity index (χ4v) is 4.33. The highest BCUT2D eigenvalue weighted by atomic mass is 32.2. The van der Waals surface area contributed by atoms with E-state index in [4.69, 9.17) is 0 Å². The van der Waals surface area contributed by atoms with Crippen LogP contribution in [-0.2, 0) is 21.3 Å². The maximum atomic E-state index is 11.8. The molecular weight excluding hydrogens is 290 g/mol. The second kappa shape index (κ2) is 5.77. The van der Waals surface area contributed by atoms with E-state index in [0.717, 1.165) is 5.56 Å². The van der Waals surface area contributed by atoms with Crippen molar-refractivity contribution >= 4 is 16.0 Å². The predicted octanol–water partition coefficient (Wildman–Crippen LogP) is 1.65. The lowest BCUT2D eigenvalue weighted by molar-refractivity contribution is -0.126. The summed E-state index contributed by atoms with van der Waals surface area (Å²) in [5.74, 6) is -0.407. The van der Waals surface area contributed by atoms with Crippen molar-refractivity contribution in [2.75, 3.05) is 6.54 Å². The summed E-state index contributed by atoms with van der Waals surface area (Å²) in [5, 5.41) is 1.79. The molecule has 21 heavy (non-hydrogen) atoms. The third kappa shape index (κ3) is 3.83. The molecule has 0 aliphatic carbocycles. The van der Waals surface area contributed by atoms with Gasteiger partial charge in [0.05, 0.1) is 5.25 Å². The SMILES string of the molecule is CC1(C)CC(=O)NCC1C(Cc1ccccc1)S(=O)(=O)O. The van der Waals surface area contributed by atoms with Gasteiger partial charge in [0.2, 0.25) is 5.91 Å². The summed E-state index contributed by atoms with van der Waals surface area (Å²) in [4.78, 5) is 11.5. The number of carbonyl (C=O) groups excluding carboxylic acids is 1. The summed E-state index contributed by atoms with van der Waals surface area (Å²) >= 11 is 0. The van der Waals surface area contributed by atoms with Crippen molar-refractivity contribution in [3.63, 3.8) is 0 Å². The number of hydrogen-bond donors (Lipinski definition) is 2. The van der Waals surface area contributed by atoms with Crippen LogP contribution in [0.4, 0.5) is 0 Å². The monoisotopic (exact) mass is 311 g/mol. The van der Waals surface area contributed by atoms with Crippen LogP contribution in [0.2, 0.25) is 0 Å². The molecule has 1 saturated heterocycles. The van der Waals surface area contributed by atoms with E-state index in [1.54, 1.807) is 0 Å². The Hall–Kier alpha value is -1.40. The van der Waals surface area contributed by atoms with Crippen molar-refractivity contribution in [3.8, 4) is 0 Å². The van der Waals surface area contributed by atoms with Crippen molar-refractivity contribution in [1.82, 2.24) is 5.32 Å². The molecule has 1 aliphatic rings. The Balaban J connectivity index is 2.31. The summed E-state index contributed by atoms with van der Waals surface area (Å²) in [7, 11) is -4.20. The van der Waals surface area contributed by atoms with E-state index >= 15 is 0 Å². The maximum absolute atomic E-state index is 11.8. The van der Waals surface area contributed by atoms with Gasteiger partial charge in [0.1, 0.15) is 0 Å². The number of piperidine rings is 1. The van der Waals surface area contributed by atoms with Crippen molar-refractivity contribution < 1.29 is 17.8 Å². The smallest absolute Gasteiger partial charge is 0.268 e. The van der Waals surface area contributed by atoms with Crippen LogP contribution < -0.4 is 5.32 Å². The Labute approximate surface area is 125 Å². The third-order valence-electron chi connectivity index (χ3n) is 4.25. The number of amides is 1. The van der Waals surface area contributed by atoms with Gasteiger partial charge in [0, 0.05) is 18.9 Å². The second-order valence-corrected chi connectivity index (χ2v) is 7.95. The molecule has 1 heterocycles. The van der Waals surface area contributed by atoms with Gasteiger partial charge in [0.15, 0.2) is 0 Å². The quantitative estimate of drug-likeness (QED) is 0.828. The lowest BCUT2D eigenvalue weighted by atomic mass is 9.71. The molecule has 1 amide bonds. The highest BCUT2D eigenvalue weighted by molar-refractivity contribution is 7.86. The minimum Gasteiger partial charge on any atom is -0.356 e. The first-order chi connectivity index (χ1) is 9.70. The van der Waals surface area contributed by atoms with Gasteiger partial charge in [-0.2, -0.15) is 8.42 Å². The molecule has 0 spiro atoms. The molecule has 0 aromatic heterocycles. The molecular formula is C15H21NO4S. The summed E-state index contributed by atoms with van der Waals surface area (Å²) in [6.07, 6.45) is 0.502. The van der Waals surface area contributed by atoms with Crippen LogP contribution in [0.15, 0.2) is 30.3 Å². The van der Waals surface area contributed by atoms with Crippen LogP contribution in [0.1, 0.15) is 25.8 Å². The molecule has 1 fully saturated rings. The maximum Gasteiger partial charge on any atom is 0.268 e. The lowest BCUT2D eigenvalue weighted by Crippen LogP contribution is -2.52. The van der Waals surface area contributed by atoms with Crippen molar-refractivity contribution in [3.05, 3.63) is 35.9 Å². The molecule has 1 aromatic carbocycles. The van der Waals surface area contributed by atoms with E-state index in [-0.39, 0.29) is 31.2 Å². The first kappa shape index (κ1) is 16.0. The minimum atomic E-state index is -4.20. The van der Waals surface area contributed by atoms with Crippen molar-refractivity contribution in [2.45, 2.75) is 31.9 Å². The number of rotatable bonds is 4. The van der Waals surface area contributed by atoms with E-state index < -0.39 is 20.8 Å². The fraction of sp³-hybridized carbons (Fsp3) is 0.533. The largest absolute Gasteiger partial charge is 0.356 e. The van der Waals surface area contributed by atoms with E-state index in [9.17, 15) is 17.8 Å². The van der Waals surface area contributed by atoms with E-state index in [2.05, 4.69) is 5.32 Å². The molecule has 1 aromatic rings. The van der Waals surface area contributed by atoms with Gasteiger partial charge < -0.3 is 5.32 Å². The molecule has 0 saturated carbocycles. The molecule has 6 heteroatoms. The summed E-state index contributed by atoms with van der Waals surface area (Å²) in [5.41, 5.74) is 0.380. The Kier molecular flexibility index (Phi) is 4.39. The zero-order chi connectivity index (χ0) is 15.7. The lowest BCUT2D eigenvalue weighted by Gasteiger charge is -2.41. The van der Waals surface area contributed by atoms with E-state index in [1.165, 1.54) is 0 Å². The molecule has 2 N–H and O–H groups in total. The van der Waals surface area contributed by atoms with Crippen LogP contribution in [0, 0.1) is 11.3 Å². The number of benzene rings is 1. The Morgan fingerprint density at radius 3 is 2.48 bits per heavy atom. The Morgan fingerprint density at radius 1 is 1.33 bits per heavy atom. The Morgan fingerprint density at radius 2 is 1.95 bits per heavy atom. The van der Waals surface area contributed by atoms with Crippen molar-refractivity contribution in [2.24, 2.45) is 11.3 Å². The van der Waals surface area contributed by atoms with Crippen LogP contribution in [0.25, 0.3) is 0 Å². The van der Waals surface area contributed by atoms with E-state index in [0.29, 0.717) is 0 Å². The predicted molar refractivity (Wildman–Crippen MR) is 80.4 cm³/mol. The van der Waals surface area contributed by atoms with Gasteiger partial charge in [-0.15, -0.1) is 0 Å².